The lowest BCUT2D eigenvalue weighted by Gasteiger charge is -2.39. The molecule has 0 atom stereocenters. The number of benzene rings is 9. The molecule has 0 unspecified atom stereocenters. The van der Waals surface area contributed by atoms with Gasteiger partial charge in [0.1, 0.15) is 22.7 Å². The topological polar surface area (TPSA) is 73.9 Å². The molecule has 0 saturated heterocycles. The third kappa shape index (κ3) is 5.10. The van der Waals surface area contributed by atoms with Crippen LogP contribution < -0.4 is 4.74 Å². The van der Waals surface area contributed by atoms with Gasteiger partial charge in [0, 0.05) is 54.7 Å². The van der Waals surface area contributed by atoms with Crippen LogP contribution >= 0.6 is 0 Å². The number of nitrogens with zero attached hydrogens (tertiary/aromatic N) is 4. The van der Waals surface area contributed by atoms with Crippen molar-refractivity contribution in [3.05, 3.63) is 229 Å². The van der Waals surface area contributed by atoms with Crippen LogP contribution in [0.3, 0.4) is 0 Å². The number of furan rings is 1. The zero-order valence-corrected chi connectivity index (χ0v) is 34.7. The number of pyridine rings is 1. The van der Waals surface area contributed by atoms with Crippen molar-refractivity contribution >= 4 is 43.6 Å². The smallest absolute Gasteiger partial charge is 0.167 e. The van der Waals surface area contributed by atoms with Crippen LogP contribution in [0.1, 0.15) is 22.3 Å². The Balaban J connectivity index is 1.00. The lowest BCUT2D eigenvalue weighted by molar-refractivity contribution is 0.436. The molecule has 3 aromatic heterocycles. The van der Waals surface area contributed by atoms with Crippen molar-refractivity contribution in [1.82, 2.24) is 19.9 Å². The number of aromatic nitrogens is 4. The zero-order chi connectivity index (χ0) is 42.6. The first-order valence-corrected chi connectivity index (χ1v) is 21.9. The van der Waals surface area contributed by atoms with Crippen LogP contribution in [0.15, 0.2) is 211 Å². The molecule has 0 saturated carbocycles. The molecule has 1 aliphatic carbocycles. The predicted molar refractivity (Wildman–Crippen MR) is 259 cm³/mol. The van der Waals surface area contributed by atoms with Gasteiger partial charge in [0.15, 0.2) is 17.5 Å². The Hall–Kier alpha value is -8.74. The van der Waals surface area contributed by atoms with E-state index in [1.165, 1.54) is 27.6 Å². The van der Waals surface area contributed by atoms with Gasteiger partial charge in [0.25, 0.3) is 0 Å². The second-order valence-corrected chi connectivity index (χ2v) is 16.8. The van der Waals surface area contributed by atoms with E-state index in [1.807, 2.05) is 60.7 Å². The highest BCUT2D eigenvalue weighted by atomic mass is 16.5. The molecule has 302 valence electrons. The van der Waals surface area contributed by atoms with Crippen molar-refractivity contribution in [1.29, 1.82) is 0 Å². The molecule has 4 heterocycles. The van der Waals surface area contributed by atoms with Crippen molar-refractivity contribution in [2.24, 2.45) is 0 Å². The van der Waals surface area contributed by atoms with E-state index in [4.69, 9.17) is 29.1 Å². The second-order valence-electron chi connectivity index (χ2n) is 16.8. The largest absolute Gasteiger partial charge is 0.457 e. The summed E-state index contributed by atoms with van der Waals surface area (Å²) in [6.45, 7) is 0. The maximum Gasteiger partial charge on any atom is 0.167 e. The first-order valence-electron chi connectivity index (χ1n) is 21.9. The van der Waals surface area contributed by atoms with E-state index >= 15 is 0 Å². The molecule has 2 aliphatic rings. The van der Waals surface area contributed by atoms with Crippen molar-refractivity contribution in [3.63, 3.8) is 0 Å². The van der Waals surface area contributed by atoms with Gasteiger partial charge < -0.3 is 9.15 Å². The van der Waals surface area contributed by atoms with E-state index in [-0.39, 0.29) is 0 Å². The molecule has 0 N–H and O–H groups in total. The van der Waals surface area contributed by atoms with Crippen LogP contribution in [0.4, 0.5) is 0 Å². The standard InChI is InChI=1S/C59H34N4O2/c1-2-16-35(17-3-1)56-61-57(63-58(62-56)43-24-15-23-39-38-20-6-11-29-49(38)65-55(39)43)37-19-14-18-36(34-37)54-42-32-33-47-53(52(42)41-22-5-10-28-48(41)60-54)40-21-4-7-25-44(40)59(47)45-26-8-12-30-50(45)64-51-31-13-9-27-46(51)59/h1-34H. The van der Waals surface area contributed by atoms with Gasteiger partial charge in [-0.25, -0.2) is 19.9 Å². The molecule has 0 bridgehead atoms. The van der Waals surface area contributed by atoms with Crippen molar-refractivity contribution in [3.8, 4) is 68.0 Å². The van der Waals surface area contributed by atoms with Gasteiger partial charge in [0.2, 0.25) is 0 Å². The fraction of sp³-hybridized carbons (Fsp3) is 0.0169. The van der Waals surface area contributed by atoms with Gasteiger partial charge >= 0.3 is 0 Å². The van der Waals surface area contributed by atoms with Gasteiger partial charge in [0.05, 0.1) is 22.2 Å². The molecule has 65 heavy (non-hydrogen) atoms. The SMILES string of the molecule is c1ccc(-c2nc(-c3cccc(-c4nc5ccccc5c5c6c(ccc45)C4(c5ccccc5Oc5ccccc54)c4ccccc4-6)c3)nc(-c3cccc4c3oc3ccccc34)n2)cc1. The normalized spacial score (nSPS) is 13.2. The summed E-state index contributed by atoms with van der Waals surface area (Å²) in [5.74, 6) is 3.42. The summed E-state index contributed by atoms with van der Waals surface area (Å²) in [5.41, 5.74) is 13.5. The lowest BCUT2D eigenvalue weighted by atomic mass is 9.66. The Morgan fingerprint density at radius 1 is 0.369 bits per heavy atom. The van der Waals surface area contributed by atoms with Crippen molar-refractivity contribution in [2.45, 2.75) is 5.41 Å². The maximum absolute atomic E-state index is 6.64. The summed E-state index contributed by atoms with van der Waals surface area (Å²) in [7, 11) is 0. The number of fused-ring (bicyclic) bond motifs is 16. The van der Waals surface area contributed by atoms with Crippen molar-refractivity contribution in [2.75, 3.05) is 0 Å². The average molecular weight is 831 g/mol. The van der Waals surface area contributed by atoms with Gasteiger partial charge in [-0.3, -0.25) is 0 Å². The Bertz CT molecular complexity index is 3900. The summed E-state index contributed by atoms with van der Waals surface area (Å²) in [6.07, 6.45) is 0. The summed E-state index contributed by atoms with van der Waals surface area (Å²) in [5, 5.41) is 5.42. The number of ether oxygens (including phenoxy) is 1. The minimum Gasteiger partial charge on any atom is -0.457 e. The van der Waals surface area contributed by atoms with E-state index in [0.29, 0.717) is 17.5 Å². The molecule has 14 rings (SSSR count). The Morgan fingerprint density at radius 3 is 1.80 bits per heavy atom. The summed E-state index contributed by atoms with van der Waals surface area (Å²) >= 11 is 0. The molecular weight excluding hydrogens is 797 g/mol. The minimum absolute atomic E-state index is 0.539. The lowest BCUT2D eigenvalue weighted by Crippen LogP contribution is -2.32. The molecule has 12 aromatic rings. The van der Waals surface area contributed by atoms with Crippen LogP contribution in [-0.4, -0.2) is 19.9 Å². The molecule has 0 fully saturated rings. The second kappa shape index (κ2) is 13.6. The highest BCUT2D eigenvalue weighted by Gasteiger charge is 2.51. The van der Waals surface area contributed by atoms with Crippen LogP contribution in [0.5, 0.6) is 11.5 Å². The van der Waals surface area contributed by atoms with Gasteiger partial charge in [-0.1, -0.05) is 170 Å². The number of hydrogen-bond acceptors (Lipinski definition) is 6. The molecule has 6 nitrogen and oxygen atoms in total. The summed E-state index contributed by atoms with van der Waals surface area (Å²) in [4.78, 5) is 20.9. The van der Waals surface area contributed by atoms with Crippen LogP contribution in [0, 0.1) is 0 Å². The van der Waals surface area contributed by atoms with Crippen molar-refractivity contribution < 1.29 is 9.15 Å². The number of rotatable bonds is 4. The third-order valence-electron chi connectivity index (χ3n) is 13.4. The summed E-state index contributed by atoms with van der Waals surface area (Å²) < 4.78 is 13.1. The molecule has 6 heteroatoms. The summed E-state index contributed by atoms with van der Waals surface area (Å²) in [6, 6.07) is 71.9. The van der Waals surface area contributed by atoms with E-state index in [9.17, 15) is 0 Å². The van der Waals surface area contributed by atoms with Crippen LogP contribution in [-0.2, 0) is 5.41 Å². The van der Waals surface area contributed by atoms with Gasteiger partial charge in [-0.05, 0) is 58.7 Å². The number of para-hydroxylation sites is 5. The molecule has 0 amide bonds. The van der Waals surface area contributed by atoms with Crippen LogP contribution in [0.25, 0.3) is 100 Å². The van der Waals surface area contributed by atoms with E-state index in [2.05, 4.69) is 146 Å². The molecule has 9 aromatic carbocycles. The van der Waals surface area contributed by atoms with Gasteiger partial charge in [-0.15, -0.1) is 0 Å². The maximum atomic E-state index is 6.64. The van der Waals surface area contributed by atoms with Gasteiger partial charge in [-0.2, -0.15) is 0 Å². The monoisotopic (exact) mass is 830 g/mol. The molecule has 1 aliphatic heterocycles. The van der Waals surface area contributed by atoms with E-state index < -0.39 is 5.41 Å². The third-order valence-corrected chi connectivity index (χ3v) is 13.4. The van der Waals surface area contributed by atoms with E-state index in [1.54, 1.807) is 0 Å². The number of hydrogen-bond donors (Lipinski definition) is 0. The van der Waals surface area contributed by atoms with E-state index in [0.717, 1.165) is 88.8 Å². The highest BCUT2D eigenvalue weighted by molar-refractivity contribution is 6.19. The Kier molecular flexibility index (Phi) is 7.51. The Morgan fingerprint density at radius 2 is 0.969 bits per heavy atom. The predicted octanol–water partition coefficient (Wildman–Crippen LogP) is 14.6. The average Bonchev–Trinajstić information content (AvgIpc) is 3.90. The minimum atomic E-state index is -0.588. The quantitative estimate of drug-likeness (QED) is 0.165. The molecular formula is C59H34N4O2. The van der Waals surface area contributed by atoms with Crippen LogP contribution in [0.2, 0.25) is 0 Å². The fourth-order valence-corrected chi connectivity index (χ4v) is 10.7. The fourth-order valence-electron chi connectivity index (χ4n) is 10.7. The molecule has 0 radical (unpaired) electrons. The molecule has 1 spiro atoms. The Labute approximate surface area is 373 Å². The highest BCUT2D eigenvalue weighted by Crippen LogP contribution is 2.63. The zero-order valence-electron chi connectivity index (χ0n) is 34.7. The first kappa shape index (κ1) is 35.8. The first-order chi connectivity index (χ1) is 32.2.